The second kappa shape index (κ2) is 4.41. The summed E-state index contributed by atoms with van der Waals surface area (Å²) in [5.41, 5.74) is 0. The van der Waals surface area contributed by atoms with Gasteiger partial charge in [-0.1, -0.05) is 13.3 Å². The molecule has 1 aromatic heterocycles. The highest BCUT2D eigenvalue weighted by molar-refractivity contribution is 7.11. The van der Waals surface area contributed by atoms with E-state index in [1.165, 1.54) is 29.3 Å². The van der Waals surface area contributed by atoms with E-state index < -0.39 is 0 Å². The van der Waals surface area contributed by atoms with Crippen molar-refractivity contribution in [3.05, 3.63) is 10.0 Å². The lowest BCUT2D eigenvalue weighted by Crippen LogP contribution is -2.15. The van der Waals surface area contributed by atoms with Crippen molar-refractivity contribution in [1.29, 1.82) is 0 Å². The molecule has 16 heavy (non-hydrogen) atoms. The van der Waals surface area contributed by atoms with Crippen LogP contribution in [0.15, 0.2) is 0 Å². The summed E-state index contributed by atoms with van der Waals surface area (Å²) in [5.74, 6) is 2.73. The van der Waals surface area contributed by atoms with Crippen LogP contribution in [0.4, 0.5) is 0 Å². The average Bonchev–Trinajstić information content (AvgIpc) is 2.75. The molecule has 0 aliphatic heterocycles. The largest absolute Gasteiger partial charge is 0.317 e. The van der Waals surface area contributed by atoms with Crippen LogP contribution in [-0.2, 0) is 6.42 Å². The van der Waals surface area contributed by atoms with Crippen LogP contribution < -0.4 is 5.32 Å². The zero-order valence-electron chi connectivity index (χ0n) is 9.78. The van der Waals surface area contributed by atoms with Gasteiger partial charge in [-0.3, -0.25) is 0 Å². The van der Waals surface area contributed by atoms with Gasteiger partial charge in [0.05, 0.1) is 0 Å². The average molecular weight is 237 g/mol. The quantitative estimate of drug-likeness (QED) is 0.798. The fraction of sp³-hybridized carbons (Fsp3) is 0.833. The maximum absolute atomic E-state index is 4.38. The number of aromatic nitrogens is 2. The molecule has 0 amide bonds. The van der Waals surface area contributed by atoms with Crippen LogP contribution >= 0.6 is 11.3 Å². The van der Waals surface area contributed by atoms with Gasteiger partial charge in [-0.2, -0.15) is 0 Å². The summed E-state index contributed by atoms with van der Waals surface area (Å²) in [6.45, 7) is 4.21. The topological polar surface area (TPSA) is 37.8 Å². The van der Waals surface area contributed by atoms with Crippen molar-refractivity contribution >= 4 is 11.3 Å². The molecule has 3 nitrogen and oxygen atoms in total. The van der Waals surface area contributed by atoms with E-state index in [4.69, 9.17) is 0 Å². The van der Waals surface area contributed by atoms with E-state index in [1.807, 2.05) is 11.3 Å². The minimum Gasteiger partial charge on any atom is -0.317 e. The molecule has 1 N–H and O–H groups in total. The second-order valence-electron chi connectivity index (χ2n) is 4.92. The molecule has 0 saturated heterocycles. The molecule has 0 aromatic carbocycles. The van der Waals surface area contributed by atoms with E-state index in [0.717, 1.165) is 37.3 Å². The highest BCUT2D eigenvalue weighted by Gasteiger charge is 2.54. The fourth-order valence-electron chi connectivity index (χ4n) is 3.06. The molecular formula is C12H19N3S. The number of hydrogen-bond donors (Lipinski definition) is 1. The summed E-state index contributed by atoms with van der Waals surface area (Å²) >= 11 is 1.85. The van der Waals surface area contributed by atoms with Gasteiger partial charge in [0.2, 0.25) is 0 Å². The SMILES string of the molecule is CCNCCc1nnc(C2C3CCCC32)s1. The fourth-order valence-corrected chi connectivity index (χ4v) is 4.16. The molecule has 1 aromatic rings. The Bertz CT molecular complexity index is 353. The lowest BCUT2D eigenvalue weighted by atomic mass is 10.2. The third-order valence-electron chi connectivity index (χ3n) is 3.94. The Morgan fingerprint density at radius 3 is 2.88 bits per heavy atom. The molecule has 2 saturated carbocycles. The van der Waals surface area contributed by atoms with E-state index in [-0.39, 0.29) is 0 Å². The number of fused-ring (bicyclic) bond motifs is 1. The van der Waals surface area contributed by atoms with Crippen molar-refractivity contribution in [2.45, 2.75) is 38.5 Å². The van der Waals surface area contributed by atoms with Crippen LogP contribution in [-0.4, -0.2) is 23.3 Å². The molecule has 3 rings (SSSR count). The molecular weight excluding hydrogens is 218 g/mol. The number of likely N-dealkylation sites (N-methyl/N-ethyl adjacent to an activating group) is 1. The molecule has 2 fully saturated rings. The maximum Gasteiger partial charge on any atom is 0.121 e. The second-order valence-corrected chi connectivity index (χ2v) is 6.02. The Labute approximate surface area is 101 Å². The van der Waals surface area contributed by atoms with E-state index >= 15 is 0 Å². The summed E-state index contributed by atoms with van der Waals surface area (Å²) in [4.78, 5) is 0. The summed E-state index contributed by atoms with van der Waals surface area (Å²) < 4.78 is 0. The first-order valence-corrected chi connectivity index (χ1v) is 7.24. The van der Waals surface area contributed by atoms with Gasteiger partial charge in [-0.15, -0.1) is 21.5 Å². The zero-order valence-corrected chi connectivity index (χ0v) is 10.6. The number of nitrogens with one attached hydrogen (secondary N) is 1. The highest BCUT2D eigenvalue weighted by Crippen LogP contribution is 2.63. The first-order valence-electron chi connectivity index (χ1n) is 6.43. The van der Waals surface area contributed by atoms with Crippen molar-refractivity contribution in [2.24, 2.45) is 11.8 Å². The first-order chi connectivity index (χ1) is 7.90. The van der Waals surface area contributed by atoms with Crippen LogP contribution in [0.5, 0.6) is 0 Å². The Kier molecular flexibility index (Phi) is 2.94. The summed E-state index contributed by atoms with van der Waals surface area (Å²) in [6, 6.07) is 0. The number of nitrogens with zero attached hydrogens (tertiary/aromatic N) is 2. The smallest absolute Gasteiger partial charge is 0.121 e. The first kappa shape index (κ1) is 10.7. The Morgan fingerprint density at radius 2 is 2.12 bits per heavy atom. The third-order valence-corrected chi connectivity index (χ3v) is 5.02. The molecule has 0 spiro atoms. The van der Waals surface area contributed by atoms with Gasteiger partial charge in [0, 0.05) is 18.9 Å². The van der Waals surface area contributed by atoms with Crippen LogP contribution in [0.25, 0.3) is 0 Å². The number of rotatable bonds is 5. The summed E-state index contributed by atoms with van der Waals surface area (Å²) in [5, 5.41) is 14.5. The molecule has 88 valence electrons. The normalized spacial score (nSPS) is 31.7. The monoisotopic (exact) mass is 237 g/mol. The predicted octanol–water partition coefficient (Wildman–Crippen LogP) is 2.20. The van der Waals surface area contributed by atoms with Crippen molar-refractivity contribution in [2.75, 3.05) is 13.1 Å². The molecule has 4 heteroatoms. The highest BCUT2D eigenvalue weighted by atomic mass is 32.1. The summed E-state index contributed by atoms with van der Waals surface area (Å²) in [7, 11) is 0. The summed E-state index contributed by atoms with van der Waals surface area (Å²) in [6.07, 6.45) is 5.34. The molecule has 0 bridgehead atoms. The molecule has 2 aliphatic carbocycles. The van der Waals surface area contributed by atoms with Crippen molar-refractivity contribution in [1.82, 2.24) is 15.5 Å². The molecule has 1 heterocycles. The number of hydrogen-bond acceptors (Lipinski definition) is 4. The lowest BCUT2D eigenvalue weighted by molar-refractivity contribution is 0.673. The Balaban J connectivity index is 1.57. The van der Waals surface area contributed by atoms with Crippen LogP contribution in [0.3, 0.4) is 0 Å². The van der Waals surface area contributed by atoms with Gasteiger partial charge in [-0.25, -0.2) is 0 Å². The van der Waals surface area contributed by atoms with E-state index in [2.05, 4.69) is 22.4 Å². The molecule has 2 atom stereocenters. The third kappa shape index (κ3) is 1.89. The molecule has 2 unspecified atom stereocenters. The molecule has 0 radical (unpaired) electrons. The van der Waals surface area contributed by atoms with Gasteiger partial charge in [0.25, 0.3) is 0 Å². The van der Waals surface area contributed by atoms with Crippen LogP contribution in [0, 0.1) is 11.8 Å². The van der Waals surface area contributed by atoms with Crippen LogP contribution in [0.1, 0.15) is 42.1 Å². The predicted molar refractivity (Wildman–Crippen MR) is 65.7 cm³/mol. The zero-order chi connectivity index (χ0) is 11.0. The van der Waals surface area contributed by atoms with Gasteiger partial charge in [-0.05, 0) is 31.2 Å². The van der Waals surface area contributed by atoms with E-state index in [1.54, 1.807) is 0 Å². The Morgan fingerprint density at radius 1 is 1.31 bits per heavy atom. The standard InChI is InChI=1S/C12H19N3S/c1-2-13-7-6-10-14-15-12(16-10)11-8-4-3-5-9(8)11/h8-9,11,13H,2-7H2,1H3. The van der Waals surface area contributed by atoms with Crippen molar-refractivity contribution in [3.63, 3.8) is 0 Å². The van der Waals surface area contributed by atoms with Gasteiger partial charge >= 0.3 is 0 Å². The van der Waals surface area contributed by atoms with Gasteiger partial charge in [0.1, 0.15) is 10.0 Å². The minimum atomic E-state index is 0.791. The van der Waals surface area contributed by atoms with Gasteiger partial charge in [0.15, 0.2) is 0 Å². The molecule has 2 aliphatic rings. The lowest BCUT2D eigenvalue weighted by Gasteiger charge is -1.97. The van der Waals surface area contributed by atoms with E-state index in [9.17, 15) is 0 Å². The van der Waals surface area contributed by atoms with Gasteiger partial charge < -0.3 is 5.32 Å². The van der Waals surface area contributed by atoms with Crippen molar-refractivity contribution in [3.8, 4) is 0 Å². The maximum atomic E-state index is 4.38. The van der Waals surface area contributed by atoms with E-state index in [0.29, 0.717) is 0 Å². The van der Waals surface area contributed by atoms with Crippen LogP contribution in [0.2, 0.25) is 0 Å². The minimum absolute atomic E-state index is 0.791. The Hall–Kier alpha value is -0.480. The van der Waals surface area contributed by atoms with Crippen molar-refractivity contribution < 1.29 is 0 Å².